The van der Waals surface area contributed by atoms with E-state index in [4.69, 9.17) is 0 Å². The highest BCUT2D eigenvalue weighted by Crippen LogP contribution is 2.63. The maximum atomic E-state index is 12.9. The number of aliphatic carboxylic acids is 1. The van der Waals surface area contributed by atoms with E-state index in [-0.39, 0.29) is 17.7 Å². The number of fused-ring (bicyclic) bond motifs is 1. The molecule has 2 bridgehead atoms. The van der Waals surface area contributed by atoms with Crippen LogP contribution in [-0.2, 0) is 9.59 Å². The molecule has 2 N–H and O–H groups in total. The van der Waals surface area contributed by atoms with Crippen LogP contribution < -0.4 is 5.32 Å². The van der Waals surface area contributed by atoms with Gasteiger partial charge >= 0.3 is 5.97 Å². The van der Waals surface area contributed by atoms with E-state index in [9.17, 15) is 14.7 Å². The smallest absolute Gasteiger partial charge is 0.307 e. The summed E-state index contributed by atoms with van der Waals surface area (Å²) < 4.78 is 0. The van der Waals surface area contributed by atoms with Gasteiger partial charge in [-0.25, -0.2) is 0 Å². The van der Waals surface area contributed by atoms with Crippen molar-refractivity contribution >= 4 is 17.6 Å². The molecule has 2 fully saturated rings. The molecule has 1 amide bonds. The largest absolute Gasteiger partial charge is 0.481 e. The Bertz CT molecular complexity index is 703. The maximum Gasteiger partial charge on any atom is 0.307 e. The first kappa shape index (κ1) is 14.5. The van der Waals surface area contributed by atoms with Gasteiger partial charge in [0.1, 0.15) is 0 Å². The first-order chi connectivity index (χ1) is 11.0. The lowest BCUT2D eigenvalue weighted by atomic mass is 9.62. The molecule has 23 heavy (non-hydrogen) atoms. The predicted molar refractivity (Wildman–Crippen MR) is 86.9 cm³/mol. The van der Waals surface area contributed by atoms with Gasteiger partial charge in [-0.1, -0.05) is 30.4 Å². The number of nitrogens with one attached hydrogen (secondary N) is 1. The number of anilines is 1. The van der Waals surface area contributed by atoms with E-state index in [1.165, 1.54) is 0 Å². The summed E-state index contributed by atoms with van der Waals surface area (Å²) in [6.45, 7) is 3.92. The van der Waals surface area contributed by atoms with Crippen molar-refractivity contribution in [3.63, 3.8) is 0 Å². The zero-order chi connectivity index (χ0) is 16.3. The van der Waals surface area contributed by atoms with E-state index in [1.807, 2.05) is 38.1 Å². The monoisotopic (exact) mass is 311 g/mol. The Morgan fingerprint density at radius 3 is 2.17 bits per heavy atom. The zero-order valence-electron chi connectivity index (χ0n) is 13.3. The van der Waals surface area contributed by atoms with Crippen molar-refractivity contribution in [2.45, 2.75) is 20.3 Å². The number of aryl methyl sites for hydroxylation is 2. The molecule has 4 heteroatoms. The van der Waals surface area contributed by atoms with Crippen LogP contribution in [0, 0.1) is 49.4 Å². The highest BCUT2D eigenvalue weighted by molar-refractivity contribution is 5.97. The van der Waals surface area contributed by atoms with Gasteiger partial charge in [0.05, 0.1) is 11.8 Å². The highest BCUT2D eigenvalue weighted by atomic mass is 16.4. The number of benzene rings is 1. The first-order valence-electron chi connectivity index (χ1n) is 8.27. The molecule has 0 radical (unpaired) electrons. The minimum atomic E-state index is -0.837. The molecule has 0 saturated heterocycles. The van der Waals surface area contributed by atoms with Crippen LogP contribution in [0.15, 0.2) is 30.4 Å². The van der Waals surface area contributed by atoms with Crippen LogP contribution in [0.25, 0.3) is 0 Å². The van der Waals surface area contributed by atoms with Crippen molar-refractivity contribution in [3.8, 4) is 0 Å². The summed E-state index contributed by atoms with van der Waals surface area (Å²) in [5, 5.41) is 12.7. The number of carbonyl (C=O) groups excluding carboxylic acids is 1. The van der Waals surface area contributed by atoms with E-state index < -0.39 is 17.8 Å². The molecule has 4 aliphatic carbocycles. The Labute approximate surface area is 135 Å². The fourth-order valence-corrected chi connectivity index (χ4v) is 4.79. The van der Waals surface area contributed by atoms with Gasteiger partial charge in [0.2, 0.25) is 5.91 Å². The topological polar surface area (TPSA) is 66.4 Å². The number of para-hydroxylation sites is 1. The Morgan fingerprint density at radius 2 is 1.61 bits per heavy atom. The number of rotatable bonds is 3. The predicted octanol–water partition coefficient (Wildman–Crippen LogP) is 3.01. The van der Waals surface area contributed by atoms with Crippen molar-refractivity contribution in [1.82, 2.24) is 0 Å². The molecule has 5 rings (SSSR count). The third kappa shape index (κ3) is 2.12. The van der Waals surface area contributed by atoms with Crippen LogP contribution in [0.1, 0.15) is 17.5 Å². The molecular weight excluding hydrogens is 290 g/mol. The lowest BCUT2D eigenvalue weighted by Gasteiger charge is -2.41. The quantitative estimate of drug-likeness (QED) is 0.843. The Hall–Kier alpha value is -2.10. The van der Waals surface area contributed by atoms with E-state index in [0.717, 1.165) is 23.2 Å². The van der Waals surface area contributed by atoms with Crippen molar-refractivity contribution < 1.29 is 14.7 Å². The first-order valence-corrected chi connectivity index (χ1v) is 8.27. The van der Waals surface area contributed by atoms with Gasteiger partial charge in [-0.15, -0.1) is 0 Å². The molecular formula is C19H21NO3. The van der Waals surface area contributed by atoms with Gasteiger partial charge in [-0.05, 0) is 55.1 Å². The summed E-state index contributed by atoms with van der Waals surface area (Å²) in [4.78, 5) is 24.7. The molecule has 0 heterocycles. The minimum Gasteiger partial charge on any atom is -0.481 e. The van der Waals surface area contributed by atoms with Crippen molar-refractivity contribution in [2.75, 3.05) is 5.32 Å². The second-order valence-corrected chi connectivity index (χ2v) is 7.25. The van der Waals surface area contributed by atoms with Crippen LogP contribution in [-0.4, -0.2) is 17.0 Å². The summed E-state index contributed by atoms with van der Waals surface area (Å²) in [5.41, 5.74) is 2.83. The molecule has 120 valence electrons. The van der Waals surface area contributed by atoms with Crippen LogP contribution in [0.4, 0.5) is 5.69 Å². The lowest BCUT2D eigenvalue weighted by molar-refractivity contribution is -0.152. The summed E-state index contributed by atoms with van der Waals surface area (Å²) in [6.07, 6.45) is 5.20. The SMILES string of the molecule is Cc1cccc(C)c1NC(=O)[C@@H]1[C@H]2C=C[C@@H]([C@@H]3C[C@H]23)[C@@H]1C(=O)O. The number of carboxylic acids is 1. The summed E-state index contributed by atoms with van der Waals surface area (Å²) in [7, 11) is 0. The van der Waals surface area contributed by atoms with E-state index in [2.05, 4.69) is 11.4 Å². The Kier molecular flexibility index (Phi) is 3.12. The molecule has 1 aromatic carbocycles. The van der Waals surface area contributed by atoms with E-state index >= 15 is 0 Å². The number of amides is 1. The summed E-state index contributed by atoms with van der Waals surface area (Å²) >= 11 is 0. The van der Waals surface area contributed by atoms with Gasteiger partial charge in [-0.3, -0.25) is 9.59 Å². The van der Waals surface area contributed by atoms with Crippen LogP contribution in [0.2, 0.25) is 0 Å². The third-order valence-electron chi connectivity index (χ3n) is 5.97. The molecule has 0 unspecified atom stereocenters. The molecule has 0 aromatic heterocycles. The van der Waals surface area contributed by atoms with Gasteiger partial charge in [0.15, 0.2) is 0 Å². The van der Waals surface area contributed by atoms with Gasteiger partial charge < -0.3 is 10.4 Å². The molecule has 0 aliphatic heterocycles. The number of carboxylic acid groups (broad SMARTS) is 1. The lowest BCUT2D eigenvalue weighted by Crippen LogP contribution is -2.48. The van der Waals surface area contributed by atoms with Crippen molar-refractivity contribution in [2.24, 2.45) is 35.5 Å². The maximum absolute atomic E-state index is 12.9. The van der Waals surface area contributed by atoms with Gasteiger partial charge in [0.25, 0.3) is 0 Å². The average Bonchev–Trinajstić information content (AvgIpc) is 3.32. The molecule has 4 aliphatic rings. The van der Waals surface area contributed by atoms with Gasteiger partial charge in [-0.2, -0.15) is 0 Å². The summed E-state index contributed by atoms with van der Waals surface area (Å²) in [6, 6.07) is 5.88. The second kappa shape index (κ2) is 4.95. The van der Waals surface area contributed by atoms with Crippen LogP contribution in [0.5, 0.6) is 0 Å². The zero-order valence-corrected chi connectivity index (χ0v) is 13.3. The molecule has 2 saturated carbocycles. The van der Waals surface area contributed by atoms with E-state index in [0.29, 0.717) is 11.8 Å². The van der Waals surface area contributed by atoms with Crippen LogP contribution >= 0.6 is 0 Å². The Balaban J connectivity index is 1.65. The normalized spacial score (nSPS) is 36.4. The standard InChI is InChI=1S/C19H21NO3/c1-9-4-3-5-10(2)17(9)20-18(21)15-11-6-7-12(14-8-13(11)14)16(15)19(22)23/h3-7,11-16H,8H2,1-2H3,(H,20,21)(H,22,23)/t11-,12-,13+,14-,15+,16-/m0/s1. The molecule has 6 atom stereocenters. The van der Waals surface area contributed by atoms with E-state index in [1.54, 1.807) is 0 Å². The van der Waals surface area contributed by atoms with Crippen molar-refractivity contribution in [1.29, 1.82) is 0 Å². The van der Waals surface area contributed by atoms with Crippen molar-refractivity contribution in [3.05, 3.63) is 41.5 Å². The number of carbonyl (C=O) groups is 2. The van der Waals surface area contributed by atoms with Crippen LogP contribution in [0.3, 0.4) is 0 Å². The number of hydrogen-bond donors (Lipinski definition) is 2. The fraction of sp³-hybridized carbons (Fsp3) is 0.474. The summed E-state index contributed by atoms with van der Waals surface area (Å²) in [5.74, 6) is -0.921. The fourth-order valence-electron chi connectivity index (χ4n) is 4.79. The second-order valence-electron chi connectivity index (χ2n) is 7.25. The molecule has 1 aromatic rings. The van der Waals surface area contributed by atoms with Gasteiger partial charge in [0, 0.05) is 5.69 Å². The molecule has 4 nitrogen and oxygen atoms in total. The average molecular weight is 311 g/mol. The Morgan fingerprint density at radius 1 is 1.04 bits per heavy atom. The number of allylic oxidation sites excluding steroid dienone is 2. The number of hydrogen-bond acceptors (Lipinski definition) is 2. The highest BCUT2D eigenvalue weighted by Gasteiger charge is 2.62. The molecule has 0 spiro atoms. The third-order valence-corrected chi connectivity index (χ3v) is 5.97. The minimum absolute atomic E-state index is 0.0243.